The number of carbonyl (C=O) groups excluding carboxylic acids is 2. The number of nitrogens with one attached hydrogen (secondary N) is 2. The summed E-state index contributed by atoms with van der Waals surface area (Å²) >= 11 is 0. The quantitative estimate of drug-likeness (QED) is 0.391. The van der Waals surface area contributed by atoms with Gasteiger partial charge in [0.05, 0.1) is 4.90 Å². The Balaban J connectivity index is 1.67. The van der Waals surface area contributed by atoms with Crippen molar-refractivity contribution in [2.75, 3.05) is 6.54 Å². The second-order valence-corrected chi connectivity index (χ2v) is 10.3. The lowest BCUT2D eigenvalue weighted by molar-refractivity contribution is -0.140. The first kappa shape index (κ1) is 27.1. The fourth-order valence-electron chi connectivity index (χ4n) is 3.80. The number of rotatable bonds is 12. The highest BCUT2D eigenvalue weighted by atomic mass is 32.2. The molecule has 3 rings (SSSR count). The summed E-state index contributed by atoms with van der Waals surface area (Å²) in [6, 6.07) is 25.1. The summed E-state index contributed by atoms with van der Waals surface area (Å²) in [4.78, 5) is 28.0. The number of aryl methyl sites for hydroxylation is 1. The molecule has 0 heterocycles. The standard InChI is InChI=1S/C28H33N3O4S/c1-3-30-36(34,35)26-17-14-23(15-18-26)16-19-27(32)31(21-25-12-8-5-9-13-25)22(2)28(33)29-20-24-10-6-4-7-11-24/h4-15,17-18,22,30H,3,16,19-21H2,1-2H3,(H,29,33)/t22-/m0/s1. The van der Waals surface area contributed by atoms with Crippen LogP contribution in [-0.4, -0.2) is 37.7 Å². The van der Waals surface area contributed by atoms with Crippen LogP contribution in [-0.2, 0) is 39.1 Å². The zero-order chi connectivity index (χ0) is 26.0. The number of sulfonamides is 1. The van der Waals surface area contributed by atoms with Crippen molar-refractivity contribution in [2.45, 2.75) is 50.7 Å². The van der Waals surface area contributed by atoms with E-state index in [1.54, 1.807) is 43.0 Å². The third-order valence-electron chi connectivity index (χ3n) is 5.87. The first-order valence-corrected chi connectivity index (χ1v) is 13.5. The molecule has 190 valence electrons. The lowest BCUT2D eigenvalue weighted by Gasteiger charge is -2.29. The highest BCUT2D eigenvalue weighted by Crippen LogP contribution is 2.15. The summed E-state index contributed by atoms with van der Waals surface area (Å²) in [5.41, 5.74) is 2.77. The summed E-state index contributed by atoms with van der Waals surface area (Å²) in [5, 5.41) is 2.93. The van der Waals surface area contributed by atoms with Crippen molar-refractivity contribution in [3.63, 3.8) is 0 Å². The molecule has 2 amide bonds. The molecule has 0 radical (unpaired) electrons. The van der Waals surface area contributed by atoms with Gasteiger partial charge in [-0.3, -0.25) is 9.59 Å². The van der Waals surface area contributed by atoms with Crippen LogP contribution in [0.1, 0.15) is 37.0 Å². The molecule has 0 unspecified atom stereocenters. The van der Waals surface area contributed by atoms with E-state index in [2.05, 4.69) is 10.0 Å². The number of hydrogen-bond acceptors (Lipinski definition) is 4. The van der Waals surface area contributed by atoms with Crippen molar-refractivity contribution in [2.24, 2.45) is 0 Å². The smallest absolute Gasteiger partial charge is 0.242 e. The number of hydrogen-bond donors (Lipinski definition) is 2. The molecule has 2 N–H and O–H groups in total. The second-order valence-electron chi connectivity index (χ2n) is 8.53. The molecule has 0 fully saturated rings. The third kappa shape index (κ3) is 7.76. The Kier molecular flexibility index (Phi) is 9.78. The van der Waals surface area contributed by atoms with Crippen LogP contribution in [0.15, 0.2) is 89.8 Å². The van der Waals surface area contributed by atoms with Crippen LogP contribution >= 0.6 is 0 Å². The van der Waals surface area contributed by atoms with Crippen molar-refractivity contribution < 1.29 is 18.0 Å². The molecule has 36 heavy (non-hydrogen) atoms. The van der Waals surface area contributed by atoms with Gasteiger partial charge in [-0.15, -0.1) is 0 Å². The molecule has 0 spiro atoms. The van der Waals surface area contributed by atoms with Gasteiger partial charge in [0.1, 0.15) is 6.04 Å². The van der Waals surface area contributed by atoms with E-state index in [-0.39, 0.29) is 23.1 Å². The van der Waals surface area contributed by atoms with Crippen molar-refractivity contribution in [3.8, 4) is 0 Å². The fourth-order valence-corrected chi connectivity index (χ4v) is 4.84. The number of nitrogens with zero attached hydrogens (tertiary/aromatic N) is 1. The monoisotopic (exact) mass is 507 g/mol. The van der Waals surface area contributed by atoms with Gasteiger partial charge in [0.25, 0.3) is 0 Å². The minimum atomic E-state index is -3.52. The zero-order valence-corrected chi connectivity index (χ0v) is 21.5. The second kappa shape index (κ2) is 13.0. The average Bonchev–Trinajstić information content (AvgIpc) is 2.90. The van der Waals surface area contributed by atoms with Crippen molar-refractivity contribution in [1.29, 1.82) is 0 Å². The lowest BCUT2D eigenvalue weighted by atomic mass is 10.1. The SMILES string of the molecule is CCNS(=O)(=O)c1ccc(CCC(=O)N(Cc2ccccc2)[C@@H](C)C(=O)NCc2ccccc2)cc1. The van der Waals surface area contributed by atoms with Gasteiger partial charge in [0, 0.05) is 26.1 Å². The Bertz CT molecular complexity index is 1230. The molecular weight excluding hydrogens is 474 g/mol. The number of benzene rings is 3. The van der Waals surface area contributed by atoms with Gasteiger partial charge in [-0.2, -0.15) is 0 Å². The maximum Gasteiger partial charge on any atom is 0.242 e. The molecule has 0 aliphatic rings. The third-order valence-corrected chi connectivity index (χ3v) is 7.43. The summed E-state index contributed by atoms with van der Waals surface area (Å²) in [6.45, 7) is 4.48. The highest BCUT2D eigenvalue weighted by Gasteiger charge is 2.26. The Morgan fingerprint density at radius 1 is 0.833 bits per heavy atom. The largest absolute Gasteiger partial charge is 0.350 e. The van der Waals surface area contributed by atoms with E-state index in [0.717, 1.165) is 16.7 Å². The molecule has 0 aliphatic carbocycles. The fraction of sp³-hybridized carbons (Fsp3) is 0.286. The molecule has 3 aromatic carbocycles. The molecule has 0 bridgehead atoms. The topological polar surface area (TPSA) is 95.6 Å². The van der Waals surface area contributed by atoms with Crippen LogP contribution in [0.4, 0.5) is 0 Å². The zero-order valence-electron chi connectivity index (χ0n) is 20.7. The van der Waals surface area contributed by atoms with Crippen molar-refractivity contribution in [1.82, 2.24) is 14.9 Å². The van der Waals surface area contributed by atoms with E-state index < -0.39 is 16.1 Å². The normalized spacial score (nSPS) is 12.1. The van der Waals surface area contributed by atoms with Gasteiger partial charge in [-0.25, -0.2) is 13.1 Å². The predicted octanol–water partition coefficient (Wildman–Crippen LogP) is 3.65. The highest BCUT2D eigenvalue weighted by molar-refractivity contribution is 7.89. The number of carbonyl (C=O) groups is 2. The Morgan fingerprint density at radius 2 is 1.42 bits per heavy atom. The first-order chi connectivity index (χ1) is 17.3. The van der Waals surface area contributed by atoms with Gasteiger partial charge in [-0.1, -0.05) is 79.7 Å². The van der Waals surface area contributed by atoms with Gasteiger partial charge in [0.15, 0.2) is 0 Å². The van der Waals surface area contributed by atoms with Crippen LogP contribution in [0.3, 0.4) is 0 Å². The van der Waals surface area contributed by atoms with E-state index in [1.807, 2.05) is 60.7 Å². The van der Waals surface area contributed by atoms with Crippen LogP contribution in [0.5, 0.6) is 0 Å². The molecule has 3 aromatic rings. The van der Waals surface area contributed by atoms with E-state index in [9.17, 15) is 18.0 Å². The average molecular weight is 508 g/mol. The Hall–Kier alpha value is -3.49. The summed E-state index contributed by atoms with van der Waals surface area (Å²) in [6.07, 6.45) is 0.631. The summed E-state index contributed by atoms with van der Waals surface area (Å²) in [7, 11) is -3.52. The van der Waals surface area contributed by atoms with Crippen LogP contribution < -0.4 is 10.0 Å². The van der Waals surface area contributed by atoms with Crippen LogP contribution in [0.25, 0.3) is 0 Å². The Labute approximate surface area is 213 Å². The maximum atomic E-state index is 13.3. The van der Waals surface area contributed by atoms with Crippen molar-refractivity contribution in [3.05, 3.63) is 102 Å². The van der Waals surface area contributed by atoms with E-state index in [0.29, 0.717) is 26.1 Å². The van der Waals surface area contributed by atoms with E-state index in [4.69, 9.17) is 0 Å². The van der Waals surface area contributed by atoms with Gasteiger partial charge in [-0.05, 0) is 42.2 Å². The maximum absolute atomic E-state index is 13.3. The molecule has 0 saturated heterocycles. The molecule has 0 aromatic heterocycles. The molecule has 0 aliphatic heterocycles. The molecule has 7 nitrogen and oxygen atoms in total. The predicted molar refractivity (Wildman–Crippen MR) is 140 cm³/mol. The minimum absolute atomic E-state index is 0.148. The number of amides is 2. The summed E-state index contributed by atoms with van der Waals surface area (Å²) < 4.78 is 26.8. The minimum Gasteiger partial charge on any atom is -0.350 e. The van der Waals surface area contributed by atoms with Crippen molar-refractivity contribution >= 4 is 21.8 Å². The van der Waals surface area contributed by atoms with E-state index in [1.165, 1.54) is 0 Å². The van der Waals surface area contributed by atoms with Gasteiger partial charge >= 0.3 is 0 Å². The van der Waals surface area contributed by atoms with Crippen LogP contribution in [0, 0.1) is 0 Å². The Morgan fingerprint density at radius 3 is 2.00 bits per heavy atom. The first-order valence-electron chi connectivity index (χ1n) is 12.0. The molecular formula is C28H33N3O4S. The molecule has 0 saturated carbocycles. The lowest BCUT2D eigenvalue weighted by Crippen LogP contribution is -2.47. The van der Waals surface area contributed by atoms with Crippen LogP contribution in [0.2, 0.25) is 0 Å². The van der Waals surface area contributed by atoms with Gasteiger partial charge in [0.2, 0.25) is 21.8 Å². The molecule has 8 heteroatoms. The molecule has 1 atom stereocenters. The van der Waals surface area contributed by atoms with E-state index >= 15 is 0 Å². The van der Waals surface area contributed by atoms with Gasteiger partial charge < -0.3 is 10.2 Å². The summed E-state index contributed by atoms with van der Waals surface area (Å²) in [5.74, 6) is -0.369.